The third-order valence-corrected chi connectivity index (χ3v) is 4.48. The maximum atomic E-state index is 13.4. The molecule has 1 aromatic heterocycles. The van der Waals surface area contributed by atoms with Crippen molar-refractivity contribution in [3.8, 4) is 0 Å². The van der Waals surface area contributed by atoms with Crippen LogP contribution in [0.5, 0.6) is 0 Å². The van der Waals surface area contributed by atoms with E-state index < -0.39 is 10.7 Å². The molecule has 1 heterocycles. The molecule has 1 aliphatic carbocycles. The fraction of sp³-hybridized carbons (Fsp3) is 0.286. The van der Waals surface area contributed by atoms with Gasteiger partial charge in [-0.15, -0.1) is 11.3 Å². The maximum Gasteiger partial charge on any atom is 0.274 e. The van der Waals surface area contributed by atoms with Gasteiger partial charge in [0.2, 0.25) is 0 Å². The molecule has 2 aromatic rings. The molecular formula is C14H13FN2O2S. The molecule has 20 heavy (non-hydrogen) atoms. The maximum absolute atomic E-state index is 13.4. The Morgan fingerprint density at radius 2 is 2.25 bits per heavy atom. The van der Waals surface area contributed by atoms with Crippen molar-refractivity contribution >= 4 is 22.7 Å². The molecule has 0 bridgehead atoms. The molecule has 0 aliphatic heterocycles. The molecule has 3 rings (SSSR count). The van der Waals surface area contributed by atoms with Crippen molar-refractivity contribution in [1.29, 1.82) is 0 Å². The second-order valence-corrected chi connectivity index (χ2v) is 5.84. The lowest BCUT2D eigenvalue weighted by atomic mass is 9.94. The highest BCUT2D eigenvalue weighted by Crippen LogP contribution is 2.36. The molecule has 0 saturated heterocycles. The minimum atomic E-state index is -0.594. The summed E-state index contributed by atoms with van der Waals surface area (Å²) in [6, 6.07) is 5.79. The number of rotatable bonds is 3. The monoisotopic (exact) mass is 292 g/mol. The predicted molar refractivity (Wildman–Crippen MR) is 76.7 cm³/mol. The van der Waals surface area contributed by atoms with Gasteiger partial charge in [0.15, 0.2) is 0 Å². The first-order chi connectivity index (χ1) is 9.63. The summed E-state index contributed by atoms with van der Waals surface area (Å²) in [6.45, 7) is 0. The summed E-state index contributed by atoms with van der Waals surface area (Å²) in [5, 5.41) is 16.0. The second-order valence-electron chi connectivity index (χ2n) is 4.84. The molecule has 0 saturated carbocycles. The van der Waals surface area contributed by atoms with Crippen LogP contribution in [0.1, 0.15) is 29.3 Å². The zero-order valence-corrected chi connectivity index (χ0v) is 11.5. The number of halogens is 1. The Morgan fingerprint density at radius 1 is 1.40 bits per heavy atom. The third kappa shape index (κ3) is 2.51. The molecule has 0 fully saturated rings. The molecule has 0 spiro atoms. The average molecular weight is 292 g/mol. The van der Waals surface area contributed by atoms with Gasteiger partial charge in [-0.25, -0.2) is 4.39 Å². The van der Waals surface area contributed by atoms with Gasteiger partial charge in [-0.1, -0.05) is 0 Å². The number of thiophene rings is 1. The molecular weight excluding hydrogens is 279 g/mol. The van der Waals surface area contributed by atoms with Gasteiger partial charge in [0.1, 0.15) is 5.82 Å². The summed E-state index contributed by atoms with van der Waals surface area (Å²) >= 11 is 1.73. The second kappa shape index (κ2) is 5.20. The first kappa shape index (κ1) is 13.1. The number of anilines is 1. The number of fused-ring (bicyclic) bond motifs is 1. The highest BCUT2D eigenvalue weighted by molar-refractivity contribution is 7.10. The molecule has 4 nitrogen and oxygen atoms in total. The van der Waals surface area contributed by atoms with Crippen molar-refractivity contribution < 1.29 is 9.31 Å². The highest BCUT2D eigenvalue weighted by Gasteiger charge is 2.21. The van der Waals surface area contributed by atoms with Crippen LogP contribution in [0.2, 0.25) is 0 Å². The van der Waals surface area contributed by atoms with Gasteiger partial charge < -0.3 is 5.32 Å². The number of nitrogens with zero attached hydrogens (tertiary/aromatic N) is 1. The van der Waals surface area contributed by atoms with E-state index in [1.165, 1.54) is 22.6 Å². The topological polar surface area (TPSA) is 55.2 Å². The van der Waals surface area contributed by atoms with Crippen molar-refractivity contribution in [2.45, 2.75) is 25.3 Å². The first-order valence-corrected chi connectivity index (χ1v) is 7.29. The first-order valence-electron chi connectivity index (χ1n) is 6.41. The van der Waals surface area contributed by atoms with E-state index in [1.54, 1.807) is 11.3 Å². The molecule has 1 aromatic carbocycles. The van der Waals surface area contributed by atoms with Crippen LogP contribution in [0, 0.1) is 15.9 Å². The third-order valence-electron chi connectivity index (χ3n) is 3.49. The van der Waals surface area contributed by atoms with Gasteiger partial charge in [0, 0.05) is 16.6 Å². The van der Waals surface area contributed by atoms with Crippen LogP contribution in [0.4, 0.5) is 15.8 Å². The number of nitrogens with one attached hydrogen (secondary N) is 1. The number of non-ortho nitro benzene ring substituents is 1. The van der Waals surface area contributed by atoms with Gasteiger partial charge in [-0.2, -0.15) is 0 Å². The Morgan fingerprint density at radius 3 is 3.05 bits per heavy atom. The van der Waals surface area contributed by atoms with E-state index in [9.17, 15) is 14.5 Å². The lowest BCUT2D eigenvalue weighted by Crippen LogP contribution is -2.15. The standard InChI is InChI=1S/C14H13FN2O2S/c15-9-6-10(8-11(7-9)17(18)19)16-13-2-1-3-14-12(13)4-5-20-14/h4-8,13,16H,1-3H2. The molecule has 0 radical (unpaired) electrons. The number of aryl methyl sites for hydroxylation is 1. The van der Waals surface area contributed by atoms with Crippen molar-refractivity contribution in [2.24, 2.45) is 0 Å². The summed E-state index contributed by atoms with van der Waals surface area (Å²) in [4.78, 5) is 11.5. The normalized spacial score (nSPS) is 17.6. The minimum Gasteiger partial charge on any atom is -0.378 e. The molecule has 1 unspecified atom stereocenters. The lowest BCUT2D eigenvalue weighted by molar-refractivity contribution is -0.385. The van der Waals surface area contributed by atoms with Crippen LogP contribution >= 0.6 is 11.3 Å². The van der Waals surface area contributed by atoms with Crippen LogP contribution < -0.4 is 5.32 Å². The summed E-state index contributed by atoms with van der Waals surface area (Å²) in [5.41, 5.74) is 1.46. The Hall–Kier alpha value is -1.95. The number of hydrogen-bond acceptors (Lipinski definition) is 4. The molecule has 6 heteroatoms. The van der Waals surface area contributed by atoms with Crippen molar-refractivity contribution in [3.63, 3.8) is 0 Å². The highest BCUT2D eigenvalue weighted by atomic mass is 32.1. The SMILES string of the molecule is O=[N+]([O-])c1cc(F)cc(NC2CCCc3sccc32)c1. The van der Waals surface area contributed by atoms with Crippen molar-refractivity contribution in [2.75, 3.05) is 5.32 Å². The molecule has 1 aliphatic rings. The number of hydrogen-bond donors (Lipinski definition) is 1. The molecule has 1 atom stereocenters. The van der Waals surface area contributed by atoms with Crippen LogP contribution in [-0.4, -0.2) is 4.92 Å². The number of benzene rings is 1. The van der Waals surface area contributed by atoms with E-state index in [-0.39, 0.29) is 11.7 Å². The Balaban J connectivity index is 1.88. The van der Waals surface area contributed by atoms with Crippen molar-refractivity contribution in [3.05, 3.63) is 56.0 Å². The lowest BCUT2D eigenvalue weighted by Gasteiger charge is -2.24. The summed E-state index contributed by atoms with van der Waals surface area (Å²) in [5.74, 6) is -0.594. The van der Waals surface area contributed by atoms with Gasteiger partial charge in [0.25, 0.3) is 5.69 Å². The fourth-order valence-corrected chi connectivity index (χ4v) is 3.59. The smallest absolute Gasteiger partial charge is 0.274 e. The van der Waals surface area contributed by atoms with E-state index in [0.717, 1.165) is 25.3 Å². The summed E-state index contributed by atoms with van der Waals surface area (Å²) in [6.07, 6.45) is 3.10. The van der Waals surface area contributed by atoms with E-state index in [0.29, 0.717) is 5.69 Å². The molecule has 0 amide bonds. The Labute approximate surface area is 119 Å². The van der Waals surface area contributed by atoms with E-state index >= 15 is 0 Å². The summed E-state index contributed by atoms with van der Waals surface area (Å²) in [7, 11) is 0. The van der Waals surface area contributed by atoms with Gasteiger partial charge in [0.05, 0.1) is 17.0 Å². The van der Waals surface area contributed by atoms with E-state index in [1.807, 2.05) is 0 Å². The quantitative estimate of drug-likeness (QED) is 0.678. The Kier molecular flexibility index (Phi) is 3.40. The van der Waals surface area contributed by atoms with Gasteiger partial charge in [-0.3, -0.25) is 10.1 Å². The molecule has 1 N–H and O–H groups in total. The largest absolute Gasteiger partial charge is 0.378 e. The van der Waals surface area contributed by atoms with Crippen LogP contribution in [0.3, 0.4) is 0 Å². The van der Waals surface area contributed by atoms with Crippen LogP contribution in [0.25, 0.3) is 0 Å². The number of nitro groups is 1. The van der Waals surface area contributed by atoms with Gasteiger partial charge >= 0.3 is 0 Å². The van der Waals surface area contributed by atoms with Crippen LogP contribution in [-0.2, 0) is 6.42 Å². The Bertz CT molecular complexity index is 656. The zero-order valence-electron chi connectivity index (χ0n) is 10.6. The minimum absolute atomic E-state index is 0.103. The molecule has 104 valence electrons. The fourth-order valence-electron chi connectivity index (χ4n) is 2.60. The van der Waals surface area contributed by atoms with Crippen molar-refractivity contribution in [1.82, 2.24) is 0 Å². The zero-order chi connectivity index (χ0) is 14.1. The van der Waals surface area contributed by atoms with Crippen LogP contribution in [0.15, 0.2) is 29.6 Å². The van der Waals surface area contributed by atoms with Gasteiger partial charge in [-0.05, 0) is 42.3 Å². The predicted octanol–water partition coefficient (Wildman–Crippen LogP) is 4.28. The summed E-state index contributed by atoms with van der Waals surface area (Å²) < 4.78 is 13.4. The number of nitro benzene ring substituents is 1. The van der Waals surface area contributed by atoms with E-state index in [4.69, 9.17) is 0 Å². The average Bonchev–Trinajstić information content (AvgIpc) is 2.87. The van der Waals surface area contributed by atoms with E-state index in [2.05, 4.69) is 16.8 Å².